The molecule has 0 aromatic heterocycles. The van der Waals surface area contributed by atoms with Gasteiger partial charge in [0.15, 0.2) is 25.0 Å². The van der Waals surface area contributed by atoms with Crippen LogP contribution in [0.5, 0.6) is 0 Å². The summed E-state index contributed by atoms with van der Waals surface area (Å²) in [7, 11) is 0. The van der Waals surface area contributed by atoms with Crippen LogP contribution in [0.4, 0.5) is 0 Å². The monoisotopic (exact) mass is 927 g/mol. The molecule has 4 saturated carbocycles. The van der Waals surface area contributed by atoms with E-state index in [1.54, 1.807) is 5.57 Å². The maximum absolute atomic E-state index is 12.5. The predicted molar refractivity (Wildman–Crippen MR) is 229 cm³/mol. The summed E-state index contributed by atoms with van der Waals surface area (Å²) in [6.07, 6.45) is -15.9. The average Bonchev–Trinajstić information content (AvgIpc) is 3.22. The topological polar surface area (TPSA) is 275 Å². The second-order valence-corrected chi connectivity index (χ2v) is 23.8. The zero-order valence-corrected chi connectivity index (χ0v) is 39.5. The Morgan fingerprint density at radius 3 is 1.94 bits per heavy atom. The lowest BCUT2D eigenvalue weighted by molar-refractivity contribution is -0.395. The van der Waals surface area contributed by atoms with E-state index in [1.807, 2.05) is 0 Å². The molecule has 3 saturated heterocycles. The van der Waals surface area contributed by atoms with Crippen LogP contribution in [0.2, 0.25) is 0 Å². The highest BCUT2D eigenvalue weighted by atomic mass is 16.8. The standard InChI is InChI=1S/C48H78O17/c1-21-29(51)31(53)35(57)40(60-21)64-37-32(54)30(52)24(20-49)61-41(37)65-38-34(56)33(55)36(39(58)59)63-42(38)62-28-13-14-46(7)25(44(28,4)5)12-15-48(9)26(46)11-10-22-23-18-43(2,3)19-27(50)45(23,6)16-17-47(22,48)8/h10,21,23-38,40-42,49-57H,11-20H2,1-9H3,(H,58,59)/t21?,23-,24?,25?,26?,27+,28-,29?,30?,31?,32?,33?,34?,35?,36?,37?,38?,40?,41?,42?,45+,46-,47+,48+/m1/s1. The normalized spacial score (nSPS) is 55.1. The Balaban J connectivity index is 1.06. The van der Waals surface area contributed by atoms with Gasteiger partial charge in [-0.05, 0) is 110 Å². The van der Waals surface area contributed by atoms with Crippen molar-refractivity contribution in [2.75, 3.05) is 6.61 Å². The van der Waals surface area contributed by atoms with Gasteiger partial charge in [-0.15, -0.1) is 0 Å². The zero-order valence-electron chi connectivity index (χ0n) is 39.5. The Morgan fingerprint density at radius 2 is 1.29 bits per heavy atom. The van der Waals surface area contributed by atoms with Crippen LogP contribution in [0.25, 0.3) is 0 Å². The number of aliphatic hydroxyl groups excluding tert-OH is 9. The molecule has 10 N–H and O–H groups in total. The van der Waals surface area contributed by atoms with Crippen molar-refractivity contribution in [3.8, 4) is 0 Å². The van der Waals surface area contributed by atoms with E-state index in [-0.39, 0.29) is 39.1 Å². The molecule has 0 bridgehead atoms. The molecule has 0 spiro atoms. The van der Waals surface area contributed by atoms with Crippen LogP contribution < -0.4 is 0 Å². The third kappa shape index (κ3) is 7.81. The number of rotatable bonds is 8. The summed E-state index contributed by atoms with van der Waals surface area (Å²) < 4.78 is 36.4. The number of aliphatic carboxylic acids is 1. The quantitative estimate of drug-likeness (QED) is 0.123. The number of allylic oxidation sites excluding steroid dienone is 2. The van der Waals surface area contributed by atoms with Crippen molar-refractivity contribution in [1.29, 1.82) is 0 Å². The number of hydrogen-bond acceptors (Lipinski definition) is 16. The molecule has 8 rings (SSSR count). The molecule has 0 aromatic carbocycles. The number of carbonyl (C=O) groups is 1. The van der Waals surface area contributed by atoms with Gasteiger partial charge in [0.2, 0.25) is 0 Å². The first-order chi connectivity index (χ1) is 30.2. The van der Waals surface area contributed by atoms with Crippen molar-refractivity contribution in [3.63, 3.8) is 0 Å². The van der Waals surface area contributed by atoms with Gasteiger partial charge in [-0.25, -0.2) is 4.79 Å². The van der Waals surface area contributed by atoms with Crippen molar-refractivity contribution < 1.29 is 84.3 Å². The lowest BCUT2D eigenvalue weighted by atomic mass is 9.33. The predicted octanol–water partition coefficient (Wildman–Crippen LogP) is 1.73. The second-order valence-electron chi connectivity index (χ2n) is 23.8. The van der Waals surface area contributed by atoms with Crippen LogP contribution in [0.15, 0.2) is 11.6 Å². The van der Waals surface area contributed by atoms with Gasteiger partial charge in [-0.2, -0.15) is 0 Å². The lowest BCUT2D eigenvalue weighted by Gasteiger charge is -2.71. The van der Waals surface area contributed by atoms with E-state index < -0.39 is 116 Å². The van der Waals surface area contributed by atoms with E-state index in [4.69, 9.17) is 28.4 Å². The van der Waals surface area contributed by atoms with Gasteiger partial charge >= 0.3 is 5.97 Å². The van der Waals surface area contributed by atoms with E-state index in [1.165, 1.54) is 6.92 Å². The molecule has 8 aliphatic rings. The third-order valence-electron chi connectivity index (χ3n) is 19.4. The Kier molecular flexibility index (Phi) is 13.2. The number of ether oxygens (including phenoxy) is 6. The summed E-state index contributed by atoms with van der Waals surface area (Å²) in [6, 6.07) is 0. The van der Waals surface area contributed by atoms with Crippen LogP contribution in [-0.4, -0.2) is 168 Å². The molecule has 0 radical (unpaired) electrons. The van der Waals surface area contributed by atoms with Gasteiger partial charge in [0.25, 0.3) is 0 Å². The minimum Gasteiger partial charge on any atom is -0.479 e. The molecule has 3 aliphatic heterocycles. The van der Waals surface area contributed by atoms with E-state index in [0.717, 1.165) is 51.4 Å². The van der Waals surface area contributed by atoms with E-state index in [2.05, 4.69) is 61.5 Å². The van der Waals surface area contributed by atoms with Gasteiger partial charge < -0.3 is 79.5 Å². The number of carboxylic acids is 1. The van der Waals surface area contributed by atoms with Gasteiger partial charge in [0.05, 0.1) is 24.9 Å². The Labute approximate surface area is 382 Å². The van der Waals surface area contributed by atoms with Crippen LogP contribution in [-0.2, 0) is 33.2 Å². The first-order valence-corrected chi connectivity index (χ1v) is 24.1. The molecular weight excluding hydrogens is 849 g/mol. The summed E-state index contributed by atoms with van der Waals surface area (Å²) >= 11 is 0. The van der Waals surface area contributed by atoms with Crippen molar-refractivity contribution in [3.05, 3.63) is 11.6 Å². The Hall–Kier alpha value is -1.39. The molecule has 17 nitrogen and oxygen atoms in total. The molecule has 372 valence electrons. The third-order valence-corrected chi connectivity index (χ3v) is 19.4. The maximum atomic E-state index is 12.5. The molecule has 24 atom stereocenters. The summed E-state index contributed by atoms with van der Waals surface area (Å²) in [6.45, 7) is 19.3. The number of aliphatic hydroxyl groups is 9. The van der Waals surface area contributed by atoms with Crippen LogP contribution in [0.1, 0.15) is 120 Å². The molecular formula is C48H78O17. The average molecular weight is 927 g/mol. The lowest BCUT2D eigenvalue weighted by Crippen LogP contribution is -2.68. The van der Waals surface area contributed by atoms with Crippen LogP contribution in [0.3, 0.4) is 0 Å². The number of fused-ring (bicyclic) bond motifs is 7. The Morgan fingerprint density at radius 1 is 0.662 bits per heavy atom. The fourth-order valence-corrected chi connectivity index (χ4v) is 15.1. The van der Waals surface area contributed by atoms with Gasteiger partial charge in [-0.1, -0.05) is 67.0 Å². The van der Waals surface area contributed by atoms with Crippen molar-refractivity contribution in [1.82, 2.24) is 0 Å². The van der Waals surface area contributed by atoms with Crippen molar-refractivity contribution >= 4 is 5.97 Å². The number of carboxylic acid groups (broad SMARTS) is 1. The molecule has 3 heterocycles. The second kappa shape index (κ2) is 17.2. The van der Waals surface area contributed by atoms with Gasteiger partial charge in [0.1, 0.15) is 61.0 Å². The fraction of sp³-hybridized carbons (Fsp3) is 0.938. The summed E-state index contributed by atoms with van der Waals surface area (Å²) in [4.78, 5) is 12.5. The number of hydrogen-bond donors (Lipinski definition) is 10. The summed E-state index contributed by atoms with van der Waals surface area (Å²) in [5, 5.41) is 108. The highest BCUT2D eigenvalue weighted by molar-refractivity contribution is 5.73. The minimum atomic E-state index is -2.02. The van der Waals surface area contributed by atoms with E-state index >= 15 is 0 Å². The SMILES string of the molecule is CC1OC(OC2C(OC3C(O[C@@H]4CC[C@]5(C)C(CC[C@@]6(C)C5CC=C5[C@H]7CC(C)(C)C[C@H](O)[C@@]7(C)CC[C@@]56C)C4(C)C)OC(C(=O)O)C(O)C3O)OC(CO)C(O)C2O)C(O)C(O)C1O. The summed E-state index contributed by atoms with van der Waals surface area (Å²) in [5.41, 5.74) is 0.763. The van der Waals surface area contributed by atoms with Gasteiger partial charge in [-0.3, -0.25) is 0 Å². The van der Waals surface area contributed by atoms with Crippen molar-refractivity contribution in [2.45, 2.75) is 224 Å². The largest absolute Gasteiger partial charge is 0.479 e. The van der Waals surface area contributed by atoms with Crippen LogP contribution >= 0.6 is 0 Å². The first-order valence-electron chi connectivity index (χ1n) is 24.1. The van der Waals surface area contributed by atoms with E-state index in [9.17, 15) is 55.9 Å². The molecule has 17 heteroatoms. The Bertz CT molecular complexity index is 1790. The molecule has 7 fully saturated rings. The zero-order chi connectivity index (χ0) is 47.7. The molecule has 17 unspecified atom stereocenters. The first kappa shape index (κ1) is 50.0. The van der Waals surface area contributed by atoms with E-state index in [0.29, 0.717) is 18.3 Å². The fourth-order valence-electron chi connectivity index (χ4n) is 15.1. The summed E-state index contributed by atoms with van der Waals surface area (Å²) in [5.74, 6) is -0.724. The van der Waals surface area contributed by atoms with Crippen LogP contribution in [0, 0.1) is 50.2 Å². The highest BCUT2D eigenvalue weighted by Crippen LogP contribution is 2.76. The molecule has 0 aromatic rings. The molecule has 0 amide bonds. The molecule has 5 aliphatic carbocycles. The smallest absolute Gasteiger partial charge is 0.335 e. The van der Waals surface area contributed by atoms with Gasteiger partial charge in [0, 0.05) is 5.41 Å². The highest BCUT2D eigenvalue weighted by Gasteiger charge is 2.69. The minimum absolute atomic E-state index is 0.00181. The molecule has 65 heavy (non-hydrogen) atoms. The van der Waals surface area contributed by atoms with Crippen molar-refractivity contribution in [2.24, 2.45) is 50.2 Å². The maximum Gasteiger partial charge on any atom is 0.335 e.